The first-order valence-corrected chi connectivity index (χ1v) is 8.67. The maximum atomic E-state index is 12.6. The number of aryl methyl sites for hydroxylation is 2. The Morgan fingerprint density at radius 1 is 1.32 bits per heavy atom. The molecule has 1 aliphatic carbocycles. The number of allylic oxidation sites excluding steroid dienone is 2. The fraction of sp³-hybridized carbons (Fsp3) is 0.500. The van der Waals surface area contributed by atoms with Gasteiger partial charge in [-0.05, 0) is 32.8 Å². The molecule has 0 N–H and O–H groups in total. The zero-order valence-corrected chi connectivity index (χ0v) is 14.2. The molecule has 1 aromatic heterocycles. The van der Waals surface area contributed by atoms with Crippen LogP contribution in [-0.2, 0) is 9.47 Å². The van der Waals surface area contributed by atoms with Crippen LogP contribution in [0.4, 0.5) is 4.79 Å². The third-order valence-electron chi connectivity index (χ3n) is 5.40. The molecule has 7 nitrogen and oxygen atoms in total. The average Bonchev–Trinajstić information content (AvgIpc) is 3.31. The lowest BCUT2D eigenvalue weighted by atomic mass is 9.87. The van der Waals surface area contributed by atoms with Gasteiger partial charge >= 0.3 is 6.03 Å². The predicted octanol–water partition coefficient (Wildman–Crippen LogP) is 2.61. The van der Waals surface area contributed by atoms with Crippen molar-refractivity contribution in [3.8, 4) is 0 Å². The van der Waals surface area contributed by atoms with Crippen LogP contribution in [0.3, 0.4) is 0 Å². The van der Waals surface area contributed by atoms with Crippen molar-refractivity contribution >= 4 is 11.7 Å². The normalized spacial score (nSPS) is 30.6. The topological polar surface area (TPSA) is 77.2 Å². The van der Waals surface area contributed by atoms with E-state index in [9.17, 15) is 4.79 Å². The summed E-state index contributed by atoms with van der Waals surface area (Å²) in [4.78, 5) is 18.6. The van der Waals surface area contributed by atoms with Crippen LogP contribution in [0.2, 0.25) is 0 Å². The number of carbonyl (C=O) groups excluding carboxylic acids is 1. The molecule has 130 valence electrons. The Bertz CT molecular complexity index is 825. The van der Waals surface area contributed by atoms with Gasteiger partial charge in [-0.15, -0.1) is 0 Å². The number of rotatable bonds is 2. The van der Waals surface area contributed by atoms with Gasteiger partial charge in [-0.2, -0.15) is 4.99 Å². The van der Waals surface area contributed by atoms with Crippen molar-refractivity contribution in [2.24, 2.45) is 4.99 Å². The second kappa shape index (κ2) is 5.29. The average molecular weight is 341 g/mol. The third kappa shape index (κ3) is 2.05. The van der Waals surface area contributed by atoms with E-state index in [1.54, 1.807) is 4.90 Å². The number of hydrogen-bond donors (Lipinski definition) is 0. The van der Waals surface area contributed by atoms with Crippen LogP contribution in [0.1, 0.15) is 35.8 Å². The number of nitrogens with zero attached hydrogens (tertiary/aromatic N) is 3. The molecule has 0 aromatic carbocycles. The maximum Gasteiger partial charge on any atom is 0.349 e. The Kier molecular flexibility index (Phi) is 3.15. The molecule has 2 amide bonds. The van der Waals surface area contributed by atoms with E-state index < -0.39 is 0 Å². The monoisotopic (exact) mass is 341 g/mol. The molecule has 25 heavy (non-hydrogen) atoms. The molecule has 0 saturated carbocycles. The molecule has 1 saturated heterocycles. The molecule has 3 unspecified atom stereocenters. The zero-order valence-electron chi connectivity index (χ0n) is 14.2. The van der Waals surface area contributed by atoms with Crippen LogP contribution >= 0.6 is 0 Å². The van der Waals surface area contributed by atoms with Gasteiger partial charge in [0.15, 0.2) is 0 Å². The Labute approximate surface area is 145 Å². The van der Waals surface area contributed by atoms with Crippen LogP contribution in [0.5, 0.6) is 0 Å². The highest BCUT2D eigenvalue weighted by molar-refractivity contribution is 6.19. The molecule has 5 rings (SSSR count). The summed E-state index contributed by atoms with van der Waals surface area (Å²) in [5.41, 5.74) is 3.28. The first kappa shape index (κ1) is 14.9. The molecular formula is C18H19N3O4. The lowest BCUT2D eigenvalue weighted by Gasteiger charge is -2.39. The van der Waals surface area contributed by atoms with Gasteiger partial charge in [0.1, 0.15) is 23.8 Å². The number of aliphatic imine (C=N–C) groups is 1. The first-order chi connectivity index (χ1) is 12.1. The standard InChI is InChI=1S/C18H19N3O4/c1-9-15(10(2)25-20-9)11-5-6-12-16-17(11)24-8-13(14-4-3-7-23-14)21(16)18(22)19-12/h5-6,11,13-14H,3-4,7-8H2,1-2H3. The lowest BCUT2D eigenvalue weighted by molar-refractivity contribution is 0.000580. The van der Waals surface area contributed by atoms with Gasteiger partial charge in [0.25, 0.3) is 0 Å². The molecule has 4 heterocycles. The van der Waals surface area contributed by atoms with E-state index in [2.05, 4.69) is 10.1 Å². The Balaban J connectivity index is 1.59. The van der Waals surface area contributed by atoms with Crippen LogP contribution in [0, 0.1) is 13.8 Å². The second-order valence-corrected chi connectivity index (χ2v) is 6.87. The van der Waals surface area contributed by atoms with Crippen molar-refractivity contribution in [2.75, 3.05) is 13.2 Å². The molecule has 0 bridgehead atoms. The summed E-state index contributed by atoms with van der Waals surface area (Å²) < 4.78 is 17.3. The summed E-state index contributed by atoms with van der Waals surface area (Å²) in [6.45, 7) is 4.98. The van der Waals surface area contributed by atoms with Crippen molar-refractivity contribution in [3.63, 3.8) is 0 Å². The van der Waals surface area contributed by atoms with Crippen molar-refractivity contribution in [1.29, 1.82) is 0 Å². The summed E-state index contributed by atoms with van der Waals surface area (Å²) in [5.74, 6) is 1.41. The fourth-order valence-electron chi connectivity index (χ4n) is 4.27. The molecule has 3 aliphatic heterocycles. The molecule has 0 spiro atoms. The van der Waals surface area contributed by atoms with Gasteiger partial charge in [-0.25, -0.2) is 4.79 Å². The number of aromatic nitrogens is 1. The van der Waals surface area contributed by atoms with E-state index in [0.29, 0.717) is 12.3 Å². The van der Waals surface area contributed by atoms with Crippen LogP contribution in [0.25, 0.3) is 0 Å². The number of urea groups is 1. The molecule has 1 fully saturated rings. The van der Waals surface area contributed by atoms with Gasteiger partial charge in [0.05, 0.1) is 29.5 Å². The van der Waals surface area contributed by atoms with Gasteiger partial charge in [-0.1, -0.05) is 11.2 Å². The fourth-order valence-corrected chi connectivity index (χ4v) is 4.27. The van der Waals surface area contributed by atoms with Crippen molar-refractivity contribution in [1.82, 2.24) is 10.1 Å². The number of carbonyl (C=O) groups is 1. The smallest absolute Gasteiger partial charge is 0.349 e. The lowest BCUT2D eigenvalue weighted by Crippen LogP contribution is -2.50. The summed E-state index contributed by atoms with van der Waals surface area (Å²) in [6, 6.07) is -0.345. The molecule has 0 radical (unpaired) electrons. The largest absolute Gasteiger partial charge is 0.492 e. The first-order valence-electron chi connectivity index (χ1n) is 8.67. The van der Waals surface area contributed by atoms with Crippen molar-refractivity contribution < 1.29 is 18.8 Å². The van der Waals surface area contributed by atoms with E-state index in [4.69, 9.17) is 14.0 Å². The zero-order chi connectivity index (χ0) is 17.1. The highest BCUT2D eigenvalue weighted by Crippen LogP contribution is 2.43. The molecule has 1 aromatic rings. The Hall–Kier alpha value is -2.41. The predicted molar refractivity (Wildman–Crippen MR) is 88.3 cm³/mol. The second-order valence-electron chi connectivity index (χ2n) is 6.87. The van der Waals surface area contributed by atoms with Gasteiger partial charge in [0.2, 0.25) is 0 Å². The van der Waals surface area contributed by atoms with Gasteiger partial charge in [-0.3, -0.25) is 4.90 Å². The van der Waals surface area contributed by atoms with E-state index in [0.717, 1.165) is 47.9 Å². The summed E-state index contributed by atoms with van der Waals surface area (Å²) in [5, 5.41) is 4.06. The molecular weight excluding hydrogens is 322 g/mol. The maximum absolute atomic E-state index is 12.6. The van der Waals surface area contributed by atoms with E-state index in [1.807, 2.05) is 26.0 Å². The van der Waals surface area contributed by atoms with Crippen LogP contribution < -0.4 is 0 Å². The molecule has 7 heteroatoms. The van der Waals surface area contributed by atoms with E-state index in [1.165, 1.54) is 0 Å². The van der Waals surface area contributed by atoms with Crippen molar-refractivity contribution in [2.45, 2.75) is 44.8 Å². The molecule has 3 atom stereocenters. The molecule has 4 aliphatic rings. The minimum absolute atomic E-state index is 0.0102. The van der Waals surface area contributed by atoms with Gasteiger partial charge in [0, 0.05) is 12.2 Å². The summed E-state index contributed by atoms with van der Waals surface area (Å²) >= 11 is 0. The Morgan fingerprint density at radius 2 is 2.20 bits per heavy atom. The van der Waals surface area contributed by atoms with E-state index >= 15 is 0 Å². The minimum atomic E-state index is -0.227. The number of ether oxygens (including phenoxy) is 2. The van der Waals surface area contributed by atoms with Gasteiger partial charge < -0.3 is 14.0 Å². The highest BCUT2D eigenvalue weighted by Gasteiger charge is 2.47. The van der Waals surface area contributed by atoms with E-state index in [-0.39, 0.29) is 24.1 Å². The third-order valence-corrected chi connectivity index (χ3v) is 5.40. The van der Waals surface area contributed by atoms with Crippen LogP contribution in [-0.4, -0.2) is 47.2 Å². The minimum Gasteiger partial charge on any atom is -0.492 e. The highest BCUT2D eigenvalue weighted by atomic mass is 16.5. The van der Waals surface area contributed by atoms with Crippen LogP contribution in [0.15, 0.2) is 33.1 Å². The Morgan fingerprint density at radius 3 is 2.92 bits per heavy atom. The summed E-state index contributed by atoms with van der Waals surface area (Å²) in [6.07, 6.45) is 5.88. The SMILES string of the molecule is Cc1noc(C)c1C1C=CC2=NC(=O)N3C2=C1OCC3C1CCCO1. The summed E-state index contributed by atoms with van der Waals surface area (Å²) in [7, 11) is 0. The number of amides is 2. The van der Waals surface area contributed by atoms with Crippen molar-refractivity contribution in [3.05, 3.63) is 40.6 Å². The quantitative estimate of drug-likeness (QED) is 0.826. The number of hydrogen-bond acceptors (Lipinski definition) is 5.